The van der Waals surface area contributed by atoms with Crippen LogP contribution in [0.25, 0.3) is 0 Å². The predicted octanol–water partition coefficient (Wildman–Crippen LogP) is 5.75. The molecule has 0 aromatic rings. The lowest BCUT2D eigenvalue weighted by Crippen LogP contribution is -2.13. The summed E-state index contributed by atoms with van der Waals surface area (Å²) in [5.74, 6) is 2.53. The number of hydrogen-bond donors (Lipinski definition) is 0. The van der Waals surface area contributed by atoms with Crippen LogP contribution in [-0.2, 0) is 0 Å². The van der Waals surface area contributed by atoms with E-state index >= 15 is 0 Å². The van der Waals surface area contributed by atoms with Crippen molar-refractivity contribution in [1.82, 2.24) is 0 Å². The van der Waals surface area contributed by atoms with Crippen LogP contribution in [0.15, 0.2) is 24.3 Å². The topological polar surface area (TPSA) is 0 Å². The Kier molecular flexibility index (Phi) is 6.02. The van der Waals surface area contributed by atoms with Crippen molar-refractivity contribution >= 4 is 0 Å². The first-order chi connectivity index (χ1) is 8.00. The summed E-state index contributed by atoms with van der Waals surface area (Å²) in [4.78, 5) is 0. The molecule has 0 heterocycles. The van der Waals surface area contributed by atoms with Gasteiger partial charge in [0, 0.05) is 0 Å². The maximum atomic E-state index is 4.09. The molecular formula is C17H30. The second-order valence-electron chi connectivity index (χ2n) is 6.30. The zero-order valence-corrected chi connectivity index (χ0v) is 12.1. The third-order valence-corrected chi connectivity index (χ3v) is 4.43. The highest BCUT2D eigenvalue weighted by Crippen LogP contribution is 2.32. The van der Waals surface area contributed by atoms with Crippen LogP contribution in [0.4, 0.5) is 0 Å². The normalized spacial score (nSPS) is 24.9. The largest absolute Gasteiger partial charge is 0.0995 e. The molecule has 1 fully saturated rings. The van der Waals surface area contributed by atoms with Crippen LogP contribution in [0.1, 0.15) is 65.7 Å². The van der Waals surface area contributed by atoms with E-state index in [1.807, 2.05) is 0 Å². The van der Waals surface area contributed by atoms with E-state index in [1.165, 1.54) is 56.1 Å². The van der Waals surface area contributed by atoms with E-state index in [2.05, 4.69) is 33.9 Å². The monoisotopic (exact) mass is 234 g/mol. The highest BCUT2D eigenvalue weighted by Gasteiger charge is 2.18. The smallest absolute Gasteiger partial charge is 0.000398 e. The highest BCUT2D eigenvalue weighted by atomic mass is 14.2. The van der Waals surface area contributed by atoms with Crippen LogP contribution in [0.5, 0.6) is 0 Å². The summed E-state index contributed by atoms with van der Waals surface area (Å²) in [5.41, 5.74) is 2.57. The van der Waals surface area contributed by atoms with Gasteiger partial charge in [0.1, 0.15) is 0 Å². The zero-order chi connectivity index (χ0) is 12.8. The van der Waals surface area contributed by atoms with E-state index in [4.69, 9.17) is 0 Å². The Bertz CT molecular complexity index is 239. The fraction of sp³-hybridized carbons (Fsp3) is 0.765. The van der Waals surface area contributed by atoms with E-state index in [-0.39, 0.29) is 0 Å². The number of rotatable bonds is 6. The van der Waals surface area contributed by atoms with Gasteiger partial charge in [-0.25, -0.2) is 0 Å². The van der Waals surface area contributed by atoms with Crippen molar-refractivity contribution in [3.8, 4) is 0 Å². The van der Waals surface area contributed by atoms with Crippen molar-refractivity contribution in [2.75, 3.05) is 0 Å². The lowest BCUT2D eigenvalue weighted by Gasteiger charge is -2.26. The molecule has 0 amide bonds. The van der Waals surface area contributed by atoms with Crippen molar-refractivity contribution in [1.29, 1.82) is 0 Å². The van der Waals surface area contributed by atoms with Gasteiger partial charge in [-0.15, -0.1) is 0 Å². The van der Waals surface area contributed by atoms with Gasteiger partial charge in [0.25, 0.3) is 0 Å². The molecule has 17 heavy (non-hydrogen) atoms. The summed E-state index contributed by atoms with van der Waals surface area (Å²) in [6.45, 7) is 14.9. The first-order valence-corrected chi connectivity index (χ1v) is 7.31. The molecule has 0 nitrogen and oxygen atoms in total. The molecule has 0 N–H and O–H groups in total. The molecule has 98 valence electrons. The minimum atomic E-state index is 0.553. The van der Waals surface area contributed by atoms with Crippen LogP contribution in [0, 0.1) is 17.8 Å². The lowest BCUT2D eigenvalue weighted by molar-refractivity contribution is 0.270. The molecule has 0 unspecified atom stereocenters. The maximum absolute atomic E-state index is 4.09. The zero-order valence-electron chi connectivity index (χ0n) is 12.1. The van der Waals surface area contributed by atoms with Crippen molar-refractivity contribution in [2.24, 2.45) is 17.8 Å². The molecule has 0 atom stereocenters. The molecule has 0 radical (unpaired) electrons. The molecule has 0 heteroatoms. The van der Waals surface area contributed by atoms with Crippen LogP contribution in [0.3, 0.4) is 0 Å². The summed E-state index contributed by atoms with van der Waals surface area (Å²) in [7, 11) is 0. The first kappa shape index (κ1) is 14.5. The third-order valence-electron chi connectivity index (χ3n) is 4.43. The standard InChI is InChI=1S/C17H30/c1-13(2)17(14(3)4)8-6-7-16-11-9-15(5)10-12-16/h15-17H,1,3,6-12H2,2,4-5H3. The van der Waals surface area contributed by atoms with Gasteiger partial charge in [-0.05, 0) is 38.0 Å². The summed E-state index contributed by atoms with van der Waals surface area (Å²) >= 11 is 0. The third kappa shape index (κ3) is 5.10. The van der Waals surface area contributed by atoms with Crippen molar-refractivity contribution < 1.29 is 0 Å². The summed E-state index contributed by atoms with van der Waals surface area (Å²) in [6, 6.07) is 0. The summed E-state index contributed by atoms with van der Waals surface area (Å²) in [5, 5.41) is 0. The van der Waals surface area contributed by atoms with Gasteiger partial charge in [0.05, 0.1) is 0 Å². The fourth-order valence-electron chi connectivity index (χ4n) is 3.14. The maximum Gasteiger partial charge on any atom is -0.000398 e. The minimum Gasteiger partial charge on any atom is -0.0995 e. The van der Waals surface area contributed by atoms with Crippen LogP contribution in [0.2, 0.25) is 0 Å². The van der Waals surface area contributed by atoms with Gasteiger partial charge < -0.3 is 0 Å². The Morgan fingerprint density at radius 1 is 1.06 bits per heavy atom. The molecule has 0 aliphatic heterocycles. The molecule has 0 bridgehead atoms. The van der Waals surface area contributed by atoms with Crippen molar-refractivity contribution in [3.63, 3.8) is 0 Å². The van der Waals surface area contributed by atoms with Gasteiger partial charge in [-0.2, -0.15) is 0 Å². The second-order valence-corrected chi connectivity index (χ2v) is 6.30. The van der Waals surface area contributed by atoms with Gasteiger partial charge in [-0.1, -0.05) is 69.8 Å². The molecule has 0 aromatic carbocycles. The fourth-order valence-corrected chi connectivity index (χ4v) is 3.14. The molecule has 0 saturated heterocycles. The quantitative estimate of drug-likeness (QED) is 0.513. The molecule has 0 aromatic heterocycles. The molecule has 0 spiro atoms. The molecule has 1 aliphatic carbocycles. The van der Waals surface area contributed by atoms with Gasteiger partial charge in [0.15, 0.2) is 0 Å². The minimum absolute atomic E-state index is 0.553. The van der Waals surface area contributed by atoms with Crippen LogP contribution < -0.4 is 0 Å². The van der Waals surface area contributed by atoms with E-state index in [9.17, 15) is 0 Å². The lowest BCUT2D eigenvalue weighted by atomic mass is 9.79. The number of allylic oxidation sites excluding steroid dienone is 2. The Labute approximate surface area is 108 Å². The Morgan fingerprint density at radius 3 is 2.06 bits per heavy atom. The van der Waals surface area contributed by atoms with E-state index in [1.54, 1.807) is 0 Å². The molecule has 1 aliphatic rings. The predicted molar refractivity (Wildman–Crippen MR) is 78.1 cm³/mol. The van der Waals surface area contributed by atoms with Gasteiger partial charge in [0.2, 0.25) is 0 Å². The van der Waals surface area contributed by atoms with Gasteiger partial charge in [-0.3, -0.25) is 0 Å². The van der Waals surface area contributed by atoms with Crippen LogP contribution in [-0.4, -0.2) is 0 Å². The summed E-state index contributed by atoms with van der Waals surface area (Å²) in [6.07, 6.45) is 9.87. The van der Waals surface area contributed by atoms with Gasteiger partial charge >= 0.3 is 0 Å². The highest BCUT2D eigenvalue weighted by molar-refractivity contribution is 5.12. The number of hydrogen-bond acceptors (Lipinski definition) is 0. The van der Waals surface area contributed by atoms with E-state index in [0.717, 1.165) is 11.8 Å². The Hall–Kier alpha value is -0.520. The molecule has 1 rings (SSSR count). The van der Waals surface area contributed by atoms with E-state index < -0.39 is 0 Å². The second kappa shape index (κ2) is 7.03. The first-order valence-electron chi connectivity index (χ1n) is 7.31. The SMILES string of the molecule is C=C(C)C(CCCC1CCC(C)CC1)C(=C)C. The van der Waals surface area contributed by atoms with Crippen molar-refractivity contribution in [3.05, 3.63) is 24.3 Å². The summed E-state index contributed by atoms with van der Waals surface area (Å²) < 4.78 is 0. The Balaban J connectivity index is 2.22. The Morgan fingerprint density at radius 2 is 1.59 bits per heavy atom. The average Bonchev–Trinajstić information content (AvgIpc) is 2.25. The average molecular weight is 234 g/mol. The van der Waals surface area contributed by atoms with Crippen LogP contribution >= 0.6 is 0 Å². The van der Waals surface area contributed by atoms with Crippen molar-refractivity contribution in [2.45, 2.75) is 65.7 Å². The van der Waals surface area contributed by atoms with E-state index in [0.29, 0.717) is 5.92 Å². The molecular weight excluding hydrogens is 204 g/mol. The molecule has 1 saturated carbocycles.